The zero-order valence-electron chi connectivity index (χ0n) is 15.3. The zero-order valence-corrected chi connectivity index (χ0v) is 15.3. The Morgan fingerprint density at radius 3 is 2.41 bits per heavy atom. The van der Waals surface area contributed by atoms with Crippen molar-refractivity contribution in [2.24, 2.45) is 5.92 Å². The average molecular weight is 367 g/mol. The van der Waals surface area contributed by atoms with Gasteiger partial charge in [0.2, 0.25) is 17.4 Å². The van der Waals surface area contributed by atoms with E-state index in [1.807, 2.05) is 6.92 Å². The summed E-state index contributed by atoms with van der Waals surface area (Å²) in [6, 6.07) is 9.93. The molecule has 0 saturated heterocycles. The summed E-state index contributed by atoms with van der Waals surface area (Å²) in [4.78, 5) is 24.8. The van der Waals surface area contributed by atoms with Gasteiger partial charge in [0, 0.05) is 22.7 Å². The van der Waals surface area contributed by atoms with Crippen molar-refractivity contribution in [2.75, 3.05) is 16.0 Å². The number of amides is 1. The molecule has 0 spiro atoms. The number of carbonyl (C=O) groups excluding carboxylic acids is 2. The Balaban J connectivity index is 1.81. The number of ketones is 1. The highest BCUT2D eigenvalue weighted by atomic mass is 16.4. The molecule has 2 aromatic carbocycles. The lowest BCUT2D eigenvalue weighted by molar-refractivity contribution is -0.118. The maximum Gasteiger partial charge on any atom is 0.254 e. The highest BCUT2D eigenvalue weighted by Crippen LogP contribution is 2.50. The molecule has 5 N–H and O–H groups in total. The van der Waals surface area contributed by atoms with Crippen molar-refractivity contribution in [3.8, 4) is 0 Å². The van der Waals surface area contributed by atoms with Gasteiger partial charge in [-0.25, -0.2) is 0 Å². The van der Waals surface area contributed by atoms with Gasteiger partial charge in [-0.05, 0) is 24.6 Å². The van der Waals surface area contributed by atoms with Crippen molar-refractivity contribution in [3.05, 3.63) is 53.1 Å². The second-order valence-corrected chi connectivity index (χ2v) is 7.40. The number of hydrogen-bond donors (Lipinski definition) is 5. The maximum atomic E-state index is 12.8. The van der Waals surface area contributed by atoms with E-state index >= 15 is 0 Å². The lowest BCUT2D eigenvalue weighted by Crippen LogP contribution is -2.63. The Bertz CT molecular complexity index is 987. The summed E-state index contributed by atoms with van der Waals surface area (Å²) < 4.78 is 0. The van der Waals surface area contributed by atoms with E-state index in [9.17, 15) is 19.8 Å². The number of Topliss-reactive ketones (excluding diaryl/α,β-unsaturated/α-hetero) is 1. The average Bonchev–Trinajstić information content (AvgIpc) is 2.79. The smallest absolute Gasteiger partial charge is 0.254 e. The minimum atomic E-state index is -2.22. The van der Waals surface area contributed by atoms with Crippen LogP contribution in [0, 0.1) is 12.8 Å². The fourth-order valence-corrected chi connectivity index (χ4v) is 3.57. The SMILES string of the molecule is Cc1cc2c(cc1NC(=O)C(C)C)NC1(O)c3ccccc3C(=O)C1(O)N2. The van der Waals surface area contributed by atoms with Gasteiger partial charge in [-0.2, -0.15) is 0 Å². The van der Waals surface area contributed by atoms with E-state index in [0.717, 1.165) is 5.56 Å². The van der Waals surface area contributed by atoms with Crippen LogP contribution in [-0.2, 0) is 10.5 Å². The van der Waals surface area contributed by atoms with E-state index in [2.05, 4.69) is 16.0 Å². The fraction of sp³-hybridized carbons (Fsp3) is 0.300. The van der Waals surface area contributed by atoms with Crippen molar-refractivity contribution >= 4 is 28.8 Å². The first-order valence-corrected chi connectivity index (χ1v) is 8.78. The van der Waals surface area contributed by atoms with Gasteiger partial charge in [0.15, 0.2) is 0 Å². The predicted octanol–water partition coefficient (Wildman–Crippen LogP) is 2.16. The zero-order chi connectivity index (χ0) is 19.6. The molecule has 7 nitrogen and oxygen atoms in total. The van der Waals surface area contributed by atoms with Crippen LogP contribution in [0.15, 0.2) is 36.4 Å². The fourth-order valence-electron chi connectivity index (χ4n) is 3.57. The molecule has 27 heavy (non-hydrogen) atoms. The second kappa shape index (κ2) is 5.55. The van der Waals surface area contributed by atoms with Crippen LogP contribution in [0.4, 0.5) is 17.1 Å². The topological polar surface area (TPSA) is 111 Å². The molecule has 140 valence electrons. The van der Waals surface area contributed by atoms with Gasteiger partial charge in [-0.15, -0.1) is 0 Å². The highest BCUT2D eigenvalue weighted by molar-refractivity contribution is 6.11. The molecule has 4 rings (SSSR count). The quantitative estimate of drug-likeness (QED) is 0.556. The molecule has 0 saturated carbocycles. The summed E-state index contributed by atoms with van der Waals surface area (Å²) in [6.45, 7) is 5.41. The van der Waals surface area contributed by atoms with Crippen LogP contribution in [0.2, 0.25) is 0 Å². The normalized spacial score (nSPS) is 25.2. The van der Waals surface area contributed by atoms with Gasteiger partial charge in [0.25, 0.3) is 5.72 Å². The number of hydrogen-bond acceptors (Lipinski definition) is 6. The van der Waals surface area contributed by atoms with Crippen molar-refractivity contribution in [1.29, 1.82) is 0 Å². The van der Waals surface area contributed by atoms with E-state index in [-0.39, 0.29) is 17.4 Å². The summed E-state index contributed by atoms with van der Waals surface area (Å²) in [5.74, 6) is -0.910. The van der Waals surface area contributed by atoms with Gasteiger partial charge in [0.05, 0.1) is 11.4 Å². The molecular formula is C20H21N3O4. The van der Waals surface area contributed by atoms with E-state index in [0.29, 0.717) is 22.6 Å². The van der Waals surface area contributed by atoms with Crippen molar-refractivity contribution in [3.63, 3.8) is 0 Å². The number of fused-ring (bicyclic) bond motifs is 4. The Hall–Kier alpha value is -2.90. The minimum Gasteiger partial charge on any atom is -0.363 e. The van der Waals surface area contributed by atoms with E-state index < -0.39 is 17.2 Å². The number of aliphatic hydroxyl groups is 2. The van der Waals surface area contributed by atoms with E-state index in [1.54, 1.807) is 50.2 Å². The standard InChI is InChI=1S/C20H21N3O4/c1-10(2)18(25)21-14-9-16-15(8-11(14)3)23-20(27)17(24)12-6-4-5-7-13(12)19(20,26)22-16/h4-10,22-23,26-27H,1-3H3,(H,21,25). The van der Waals surface area contributed by atoms with Crippen LogP contribution in [0.25, 0.3) is 0 Å². The Morgan fingerprint density at radius 1 is 1.07 bits per heavy atom. The van der Waals surface area contributed by atoms with Crippen LogP contribution in [0.5, 0.6) is 0 Å². The molecule has 0 bridgehead atoms. The van der Waals surface area contributed by atoms with Crippen LogP contribution < -0.4 is 16.0 Å². The van der Waals surface area contributed by atoms with Crippen LogP contribution in [0.3, 0.4) is 0 Å². The summed E-state index contributed by atoms with van der Waals surface area (Å²) in [5, 5.41) is 30.8. The number of rotatable bonds is 2. The molecule has 2 atom stereocenters. The molecule has 2 unspecified atom stereocenters. The van der Waals surface area contributed by atoms with Crippen LogP contribution >= 0.6 is 0 Å². The second-order valence-electron chi connectivity index (χ2n) is 7.40. The summed E-state index contributed by atoms with van der Waals surface area (Å²) >= 11 is 0. The molecule has 7 heteroatoms. The molecule has 1 aliphatic heterocycles. The summed E-state index contributed by atoms with van der Waals surface area (Å²) in [6.07, 6.45) is 0. The van der Waals surface area contributed by atoms with Gasteiger partial charge < -0.3 is 26.2 Å². The molecule has 0 aromatic heterocycles. The van der Waals surface area contributed by atoms with Gasteiger partial charge >= 0.3 is 0 Å². The van der Waals surface area contributed by atoms with Crippen molar-refractivity contribution in [2.45, 2.75) is 32.2 Å². The van der Waals surface area contributed by atoms with Crippen molar-refractivity contribution < 1.29 is 19.8 Å². The lowest BCUT2D eigenvalue weighted by Gasteiger charge is -2.44. The summed E-state index contributed by atoms with van der Waals surface area (Å²) in [7, 11) is 0. The molecule has 1 amide bonds. The first-order valence-electron chi connectivity index (χ1n) is 8.78. The molecule has 0 radical (unpaired) electrons. The van der Waals surface area contributed by atoms with Gasteiger partial charge in [-0.3, -0.25) is 9.59 Å². The summed E-state index contributed by atoms with van der Waals surface area (Å²) in [5.41, 5.74) is -1.42. The van der Waals surface area contributed by atoms with E-state index in [1.165, 1.54) is 0 Å². The molecule has 2 aromatic rings. The first kappa shape index (κ1) is 17.5. The number of nitrogens with one attached hydrogen (secondary N) is 3. The van der Waals surface area contributed by atoms with Gasteiger partial charge in [0.1, 0.15) is 0 Å². The molecule has 1 heterocycles. The monoisotopic (exact) mass is 367 g/mol. The minimum absolute atomic E-state index is 0.126. The third kappa shape index (κ3) is 2.28. The lowest BCUT2D eigenvalue weighted by atomic mass is 9.93. The number of carbonyl (C=O) groups is 2. The first-order chi connectivity index (χ1) is 12.7. The predicted molar refractivity (Wildman–Crippen MR) is 102 cm³/mol. The van der Waals surface area contributed by atoms with E-state index in [4.69, 9.17) is 0 Å². The highest BCUT2D eigenvalue weighted by Gasteiger charge is 2.65. The molecule has 1 aliphatic carbocycles. The van der Waals surface area contributed by atoms with Crippen LogP contribution in [0.1, 0.15) is 35.3 Å². The number of aryl methyl sites for hydroxylation is 1. The Morgan fingerprint density at radius 2 is 1.70 bits per heavy atom. The molecular weight excluding hydrogens is 346 g/mol. The maximum absolute atomic E-state index is 12.8. The van der Waals surface area contributed by atoms with Crippen LogP contribution in [-0.4, -0.2) is 27.6 Å². The van der Waals surface area contributed by atoms with Gasteiger partial charge in [-0.1, -0.05) is 38.1 Å². The Kier molecular flexibility index (Phi) is 3.60. The number of anilines is 3. The Labute approximate surface area is 156 Å². The number of benzene rings is 2. The third-order valence-electron chi connectivity index (χ3n) is 5.19. The molecule has 2 aliphatic rings. The largest absolute Gasteiger partial charge is 0.363 e. The molecule has 0 fully saturated rings. The third-order valence-corrected chi connectivity index (χ3v) is 5.19. The van der Waals surface area contributed by atoms with Crippen molar-refractivity contribution in [1.82, 2.24) is 0 Å².